The number of ether oxygens (including phenoxy) is 1. The first-order valence-electron chi connectivity index (χ1n) is 13.5. The number of piperidine rings is 1. The summed E-state index contributed by atoms with van der Waals surface area (Å²) in [5, 5.41) is 1.25. The van der Waals surface area contributed by atoms with Crippen LogP contribution in [0.25, 0.3) is 0 Å². The summed E-state index contributed by atoms with van der Waals surface area (Å²) in [6, 6.07) is 19.2. The van der Waals surface area contributed by atoms with Crippen molar-refractivity contribution in [1.29, 1.82) is 0 Å². The van der Waals surface area contributed by atoms with Gasteiger partial charge in [-0.1, -0.05) is 35.3 Å². The number of likely N-dealkylation sites (tertiary alicyclic amines) is 1. The summed E-state index contributed by atoms with van der Waals surface area (Å²) in [6.07, 6.45) is 3.04. The molecule has 2 aliphatic heterocycles. The highest BCUT2D eigenvalue weighted by atomic mass is 35.5. The summed E-state index contributed by atoms with van der Waals surface area (Å²) in [4.78, 5) is 34.0. The van der Waals surface area contributed by atoms with Gasteiger partial charge in [-0.3, -0.25) is 9.59 Å². The number of benzene rings is 2. The van der Waals surface area contributed by atoms with Gasteiger partial charge in [0.25, 0.3) is 0 Å². The Morgan fingerprint density at radius 3 is 2.21 bits per heavy atom. The second kappa shape index (κ2) is 12.0. The van der Waals surface area contributed by atoms with Crippen LogP contribution in [0.3, 0.4) is 0 Å². The summed E-state index contributed by atoms with van der Waals surface area (Å²) < 4.78 is 6.23. The fourth-order valence-electron chi connectivity index (χ4n) is 5.81. The number of Topliss-reactive ketones (excluding diaryl/α,β-unsaturated/α-hetero) is 1. The Hall–Kier alpha value is -3.09. The SMILES string of the molecule is CC(=O)c1ccc(N2CCC(C(=O)N3CC(c4ccc(Cl)cc4)[C@@H]([C@H](C)Oc4ccc(Cl)cn4)C3)CC2)cc1. The number of amides is 1. The predicted octanol–water partition coefficient (Wildman–Crippen LogP) is 6.52. The van der Waals surface area contributed by atoms with Crippen LogP contribution in [-0.2, 0) is 4.79 Å². The van der Waals surface area contributed by atoms with Crippen molar-refractivity contribution in [2.24, 2.45) is 11.8 Å². The molecule has 2 aromatic carbocycles. The van der Waals surface area contributed by atoms with E-state index in [2.05, 4.69) is 22.0 Å². The second-order valence-electron chi connectivity index (χ2n) is 10.6. The Balaban J connectivity index is 1.26. The van der Waals surface area contributed by atoms with Crippen molar-refractivity contribution in [3.8, 4) is 5.88 Å². The molecule has 0 bridgehead atoms. The molecule has 1 aromatic heterocycles. The number of hydrogen-bond acceptors (Lipinski definition) is 5. The van der Waals surface area contributed by atoms with Gasteiger partial charge < -0.3 is 14.5 Å². The average Bonchev–Trinajstić information content (AvgIpc) is 3.40. The zero-order valence-corrected chi connectivity index (χ0v) is 23.7. The van der Waals surface area contributed by atoms with E-state index in [-0.39, 0.29) is 35.5 Å². The van der Waals surface area contributed by atoms with Crippen molar-refractivity contribution < 1.29 is 14.3 Å². The van der Waals surface area contributed by atoms with Gasteiger partial charge in [-0.25, -0.2) is 4.98 Å². The van der Waals surface area contributed by atoms with Gasteiger partial charge in [0.15, 0.2) is 5.78 Å². The lowest BCUT2D eigenvalue weighted by atomic mass is 9.86. The Morgan fingerprint density at radius 1 is 0.923 bits per heavy atom. The summed E-state index contributed by atoms with van der Waals surface area (Å²) in [6.45, 7) is 6.54. The highest BCUT2D eigenvalue weighted by molar-refractivity contribution is 6.30. The summed E-state index contributed by atoms with van der Waals surface area (Å²) >= 11 is 12.2. The van der Waals surface area contributed by atoms with Crippen LogP contribution in [0.2, 0.25) is 10.0 Å². The van der Waals surface area contributed by atoms with Gasteiger partial charge in [0.2, 0.25) is 11.8 Å². The topological polar surface area (TPSA) is 62.7 Å². The van der Waals surface area contributed by atoms with Gasteiger partial charge in [-0.2, -0.15) is 0 Å². The molecule has 3 atom stereocenters. The minimum Gasteiger partial charge on any atom is -0.474 e. The largest absolute Gasteiger partial charge is 0.474 e. The van der Waals surface area contributed by atoms with E-state index in [0.717, 1.165) is 37.2 Å². The Labute approximate surface area is 239 Å². The van der Waals surface area contributed by atoms with Crippen LogP contribution in [0.5, 0.6) is 5.88 Å². The molecule has 8 heteroatoms. The fourth-order valence-corrected chi connectivity index (χ4v) is 6.04. The molecule has 0 spiro atoms. The molecule has 0 aliphatic carbocycles. The second-order valence-corrected chi connectivity index (χ2v) is 11.4. The lowest BCUT2D eigenvalue weighted by Crippen LogP contribution is -2.42. The van der Waals surface area contributed by atoms with Gasteiger partial charge in [-0.05, 0) is 74.7 Å². The minimum absolute atomic E-state index is 0.00323. The van der Waals surface area contributed by atoms with Gasteiger partial charge in [0.05, 0.1) is 5.02 Å². The zero-order chi connectivity index (χ0) is 27.5. The van der Waals surface area contributed by atoms with E-state index < -0.39 is 0 Å². The van der Waals surface area contributed by atoms with Crippen LogP contribution in [-0.4, -0.2) is 53.9 Å². The lowest BCUT2D eigenvalue weighted by molar-refractivity contribution is -0.135. The Kier molecular flexibility index (Phi) is 8.43. The third kappa shape index (κ3) is 6.39. The quantitative estimate of drug-likeness (QED) is 0.305. The minimum atomic E-state index is -0.156. The molecule has 0 saturated carbocycles. The Morgan fingerprint density at radius 2 is 1.59 bits per heavy atom. The molecule has 1 unspecified atom stereocenters. The first kappa shape index (κ1) is 27.5. The first-order chi connectivity index (χ1) is 18.8. The normalized spacial score (nSPS) is 20.6. The van der Waals surface area contributed by atoms with Crippen LogP contribution >= 0.6 is 23.2 Å². The predicted molar refractivity (Wildman–Crippen MR) is 155 cm³/mol. The van der Waals surface area contributed by atoms with E-state index in [1.54, 1.807) is 25.3 Å². The van der Waals surface area contributed by atoms with E-state index in [0.29, 0.717) is 34.6 Å². The number of hydrogen-bond donors (Lipinski definition) is 0. The van der Waals surface area contributed by atoms with Gasteiger partial charge in [-0.15, -0.1) is 0 Å². The monoisotopic (exact) mass is 565 g/mol. The zero-order valence-electron chi connectivity index (χ0n) is 22.2. The average molecular weight is 567 g/mol. The Bertz CT molecular complexity index is 1290. The molecule has 2 fully saturated rings. The number of rotatable bonds is 7. The number of nitrogens with zero attached hydrogens (tertiary/aromatic N) is 3. The van der Waals surface area contributed by atoms with Gasteiger partial charge in [0.1, 0.15) is 6.10 Å². The molecule has 1 amide bonds. The maximum Gasteiger partial charge on any atom is 0.225 e. The van der Waals surface area contributed by atoms with Gasteiger partial charge in [0, 0.05) is 72.5 Å². The number of pyridine rings is 1. The number of aromatic nitrogens is 1. The third-order valence-corrected chi connectivity index (χ3v) is 8.54. The van der Waals surface area contributed by atoms with Crippen molar-refractivity contribution in [3.63, 3.8) is 0 Å². The number of halogens is 2. The number of carbonyl (C=O) groups excluding carboxylic acids is 2. The number of ketones is 1. The standard InChI is InChI=1S/C31H33Cl2N3O3/c1-20(37)22-5-10-27(11-6-22)35-15-13-24(14-16-35)31(38)36-18-28(21(2)39-30-12-9-26(33)17-34-30)29(19-36)23-3-7-25(32)8-4-23/h3-12,17,21,24,28-29H,13-16,18-19H2,1-2H3/t21-,28+,29?/m0/s1. The van der Waals surface area contributed by atoms with Crippen LogP contribution in [0.15, 0.2) is 66.9 Å². The summed E-state index contributed by atoms with van der Waals surface area (Å²) in [7, 11) is 0. The van der Waals surface area contributed by atoms with Crippen LogP contribution < -0.4 is 9.64 Å². The van der Waals surface area contributed by atoms with Crippen molar-refractivity contribution in [3.05, 3.63) is 88.0 Å². The van der Waals surface area contributed by atoms with Crippen LogP contribution in [0.1, 0.15) is 48.5 Å². The molecular weight excluding hydrogens is 533 g/mol. The summed E-state index contributed by atoms with van der Waals surface area (Å²) in [5.41, 5.74) is 2.97. The van der Waals surface area contributed by atoms with E-state index >= 15 is 0 Å². The molecule has 0 N–H and O–H groups in total. The first-order valence-corrected chi connectivity index (χ1v) is 14.2. The number of carbonyl (C=O) groups is 2. The molecule has 2 aliphatic rings. The molecule has 2 saturated heterocycles. The lowest BCUT2D eigenvalue weighted by Gasteiger charge is -2.34. The highest BCUT2D eigenvalue weighted by Crippen LogP contribution is 2.38. The summed E-state index contributed by atoms with van der Waals surface area (Å²) in [5.74, 6) is 1.04. The molecule has 0 radical (unpaired) electrons. The van der Waals surface area contributed by atoms with E-state index in [4.69, 9.17) is 27.9 Å². The van der Waals surface area contributed by atoms with Crippen LogP contribution in [0.4, 0.5) is 5.69 Å². The molecule has 6 nitrogen and oxygen atoms in total. The smallest absolute Gasteiger partial charge is 0.225 e. The van der Waals surface area contributed by atoms with E-state index in [1.165, 1.54) is 0 Å². The van der Waals surface area contributed by atoms with Crippen molar-refractivity contribution in [2.75, 3.05) is 31.1 Å². The van der Waals surface area contributed by atoms with Crippen molar-refractivity contribution in [2.45, 2.75) is 38.7 Å². The maximum atomic E-state index is 13.7. The van der Waals surface area contributed by atoms with E-state index in [1.807, 2.05) is 48.2 Å². The molecule has 39 heavy (non-hydrogen) atoms. The maximum absolute atomic E-state index is 13.7. The number of anilines is 1. The third-order valence-electron chi connectivity index (χ3n) is 8.07. The molecule has 3 heterocycles. The van der Waals surface area contributed by atoms with Crippen molar-refractivity contribution >= 4 is 40.6 Å². The molecule has 3 aromatic rings. The highest BCUT2D eigenvalue weighted by Gasteiger charge is 2.42. The van der Waals surface area contributed by atoms with E-state index in [9.17, 15) is 9.59 Å². The fraction of sp³-hybridized carbons (Fsp3) is 0.387. The van der Waals surface area contributed by atoms with Gasteiger partial charge >= 0.3 is 0 Å². The molecule has 5 rings (SSSR count). The van der Waals surface area contributed by atoms with Crippen LogP contribution in [0, 0.1) is 11.8 Å². The van der Waals surface area contributed by atoms with Crippen molar-refractivity contribution in [1.82, 2.24) is 9.88 Å². The molecular formula is C31H33Cl2N3O3. The molecule has 204 valence electrons.